The Kier molecular flexibility index (Phi) is 8.77. The third-order valence-electron chi connectivity index (χ3n) is 7.92. The van der Waals surface area contributed by atoms with E-state index in [1.165, 1.54) is 6.33 Å². The Bertz CT molecular complexity index is 1210. The lowest BCUT2D eigenvalue weighted by molar-refractivity contribution is -0.112. The van der Waals surface area contributed by atoms with Crippen LogP contribution in [0, 0.1) is 17.7 Å². The lowest BCUT2D eigenvalue weighted by Gasteiger charge is -2.46. The molecule has 3 heterocycles. The zero-order valence-corrected chi connectivity index (χ0v) is 23.3. The molecule has 1 aromatic carbocycles. The highest BCUT2D eigenvalue weighted by Gasteiger charge is 2.48. The quantitative estimate of drug-likeness (QED) is 0.276. The van der Waals surface area contributed by atoms with Gasteiger partial charge in [0.2, 0.25) is 5.82 Å². The summed E-state index contributed by atoms with van der Waals surface area (Å²) in [4.78, 5) is 22.4. The highest BCUT2D eigenvalue weighted by Crippen LogP contribution is 2.42. The number of hydrogen-bond acceptors (Lipinski definition) is 8. The SMILES string of the molecule is C=CC1(OC(=O)N2CC3COCC(C2)C3Oc2ncnc(Oc3ccc(C(C)CCCCO)cc3Cl)c2F)CC1. The molecule has 40 heavy (non-hydrogen) atoms. The van der Waals surface area contributed by atoms with E-state index in [0.717, 1.165) is 37.7 Å². The van der Waals surface area contributed by atoms with Gasteiger partial charge in [-0.2, -0.15) is 14.4 Å². The number of benzene rings is 1. The molecule has 0 spiro atoms. The van der Waals surface area contributed by atoms with E-state index in [4.69, 9.17) is 35.7 Å². The van der Waals surface area contributed by atoms with E-state index in [-0.39, 0.29) is 48.0 Å². The van der Waals surface area contributed by atoms with Crippen molar-refractivity contribution in [2.45, 2.75) is 56.7 Å². The number of ether oxygens (including phenoxy) is 4. The summed E-state index contributed by atoms with van der Waals surface area (Å²) in [7, 11) is 0. The molecule has 5 rings (SSSR count). The van der Waals surface area contributed by atoms with Gasteiger partial charge in [-0.3, -0.25) is 0 Å². The molecule has 9 nitrogen and oxygen atoms in total. The molecular weight excluding hydrogens is 541 g/mol. The number of carbonyl (C=O) groups is 1. The van der Waals surface area contributed by atoms with E-state index >= 15 is 4.39 Å². The first-order valence-electron chi connectivity index (χ1n) is 13.8. The monoisotopic (exact) mass is 575 g/mol. The average molecular weight is 576 g/mol. The lowest BCUT2D eigenvalue weighted by atomic mass is 9.84. The van der Waals surface area contributed by atoms with Crippen molar-refractivity contribution < 1.29 is 33.2 Å². The van der Waals surface area contributed by atoms with Gasteiger partial charge in [0.25, 0.3) is 11.8 Å². The zero-order valence-electron chi connectivity index (χ0n) is 22.6. The van der Waals surface area contributed by atoms with Gasteiger partial charge in [-0.25, -0.2) is 4.79 Å². The van der Waals surface area contributed by atoms with Gasteiger partial charge in [0.1, 0.15) is 23.8 Å². The lowest BCUT2D eigenvalue weighted by Crippen LogP contribution is -2.59. The van der Waals surface area contributed by atoms with E-state index < -0.39 is 17.5 Å². The van der Waals surface area contributed by atoms with Crippen LogP contribution < -0.4 is 9.47 Å². The molecule has 2 saturated heterocycles. The largest absolute Gasteiger partial charge is 0.471 e. The number of aromatic nitrogens is 2. The number of hydrogen-bond donors (Lipinski definition) is 1. The Morgan fingerprint density at radius 2 is 2.00 bits per heavy atom. The first-order valence-corrected chi connectivity index (χ1v) is 14.1. The summed E-state index contributed by atoms with van der Waals surface area (Å²) < 4.78 is 38.7. The number of aliphatic hydroxyl groups is 1. The minimum atomic E-state index is -0.831. The molecule has 2 bridgehead atoms. The normalized spacial score (nSPS) is 23.7. The summed E-state index contributed by atoms with van der Waals surface area (Å²) in [5.74, 6) is -1.20. The van der Waals surface area contributed by atoms with Crippen LogP contribution in [-0.4, -0.2) is 70.7 Å². The second kappa shape index (κ2) is 12.3. The molecule has 1 aromatic heterocycles. The molecule has 11 heteroatoms. The van der Waals surface area contributed by atoms with Crippen LogP contribution in [0.4, 0.5) is 9.18 Å². The molecule has 3 fully saturated rings. The van der Waals surface area contributed by atoms with Crippen LogP contribution in [0.15, 0.2) is 37.2 Å². The van der Waals surface area contributed by atoms with Gasteiger partial charge in [0, 0.05) is 31.5 Å². The second-order valence-corrected chi connectivity index (χ2v) is 11.3. The van der Waals surface area contributed by atoms with Crippen molar-refractivity contribution in [3.05, 3.63) is 53.6 Å². The number of unbranched alkanes of at least 4 members (excludes halogenated alkanes) is 1. The number of nitrogens with zero attached hydrogens (tertiary/aromatic N) is 3. The summed E-state index contributed by atoms with van der Waals surface area (Å²) in [5.41, 5.74) is 0.487. The van der Waals surface area contributed by atoms with Crippen LogP contribution in [0.1, 0.15) is 50.5 Å². The van der Waals surface area contributed by atoms with Gasteiger partial charge < -0.3 is 29.0 Å². The highest BCUT2D eigenvalue weighted by atomic mass is 35.5. The van der Waals surface area contributed by atoms with E-state index in [0.29, 0.717) is 31.3 Å². The fourth-order valence-corrected chi connectivity index (χ4v) is 5.54. The summed E-state index contributed by atoms with van der Waals surface area (Å²) in [6, 6.07) is 5.38. The van der Waals surface area contributed by atoms with Crippen LogP contribution in [0.5, 0.6) is 17.5 Å². The van der Waals surface area contributed by atoms with Gasteiger partial charge in [-0.15, -0.1) is 0 Å². The molecule has 2 aromatic rings. The van der Waals surface area contributed by atoms with E-state index in [2.05, 4.69) is 23.5 Å². The minimum absolute atomic E-state index is 0.177. The molecule has 1 N–H and O–H groups in total. The topological polar surface area (TPSA) is 103 Å². The van der Waals surface area contributed by atoms with E-state index in [1.54, 1.807) is 23.1 Å². The summed E-state index contributed by atoms with van der Waals surface area (Å²) in [6.07, 6.45) is 6.25. The van der Waals surface area contributed by atoms with Crippen molar-refractivity contribution in [3.8, 4) is 17.5 Å². The van der Waals surface area contributed by atoms with Gasteiger partial charge in [-0.05, 0) is 55.4 Å². The van der Waals surface area contributed by atoms with Crippen molar-refractivity contribution in [2.24, 2.45) is 11.8 Å². The van der Waals surface area contributed by atoms with Crippen LogP contribution in [0.2, 0.25) is 5.02 Å². The number of piperidine rings is 1. The molecule has 216 valence electrons. The fraction of sp³-hybridized carbons (Fsp3) is 0.552. The van der Waals surface area contributed by atoms with E-state index in [1.807, 2.05) is 6.07 Å². The standard InChI is InChI=1S/C29H35ClFN3O6/c1-3-29(9-10-29)40-28(36)34-13-20-15-37-16-21(14-34)25(20)39-27-24(31)26(32-17-33-27)38-23-8-7-19(12-22(23)30)18(2)6-4-5-11-35/h3,7-8,12,17-18,20-21,25,35H,1,4-6,9-11,13-16H2,2H3. The molecule has 1 saturated carbocycles. The van der Waals surface area contributed by atoms with Crippen molar-refractivity contribution >= 4 is 17.7 Å². The predicted octanol–water partition coefficient (Wildman–Crippen LogP) is 5.51. The van der Waals surface area contributed by atoms with E-state index in [9.17, 15) is 4.79 Å². The van der Waals surface area contributed by atoms with Crippen LogP contribution >= 0.6 is 11.6 Å². The molecule has 0 radical (unpaired) electrons. The molecule has 1 aliphatic carbocycles. The smallest absolute Gasteiger partial charge is 0.410 e. The predicted molar refractivity (Wildman–Crippen MR) is 145 cm³/mol. The number of amides is 1. The summed E-state index contributed by atoms with van der Waals surface area (Å²) >= 11 is 6.47. The first kappa shape index (κ1) is 28.6. The van der Waals surface area contributed by atoms with Crippen molar-refractivity contribution in [1.29, 1.82) is 0 Å². The first-order chi connectivity index (χ1) is 19.3. The highest BCUT2D eigenvalue weighted by molar-refractivity contribution is 6.32. The number of carbonyl (C=O) groups excluding carboxylic acids is 1. The fourth-order valence-electron chi connectivity index (χ4n) is 5.31. The Labute approximate surface area is 238 Å². The van der Waals surface area contributed by atoms with Crippen LogP contribution in [-0.2, 0) is 9.47 Å². The third kappa shape index (κ3) is 6.34. The number of fused-ring (bicyclic) bond motifs is 2. The average Bonchev–Trinajstić information content (AvgIpc) is 3.71. The maximum Gasteiger partial charge on any atom is 0.410 e. The van der Waals surface area contributed by atoms with Crippen molar-refractivity contribution in [1.82, 2.24) is 14.9 Å². The number of likely N-dealkylation sites (tertiary alicyclic amines) is 1. The molecule has 3 unspecified atom stereocenters. The van der Waals surface area contributed by atoms with Crippen molar-refractivity contribution in [2.75, 3.05) is 32.9 Å². The Morgan fingerprint density at radius 3 is 2.65 bits per heavy atom. The second-order valence-electron chi connectivity index (χ2n) is 10.9. The summed E-state index contributed by atoms with van der Waals surface area (Å²) in [5, 5.41) is 9.34. The molecular formula is C29H35ClFN3O6. The maximum atomic E-state index is 15.5. The van der Waals surface area contributed by atoms with Gasteiger partial charge >= 0.3 is 6.09 Å². The maximum absolute atomic E-state index is 15.5. The minimum Gasteiger partial charge on any atom is -0.471 e. The number of halogens is 2. The molecule has 2 aliphatic heterocycles. The van der Waals surface area contributed by atoms with Gasteiger partial charge in [0.15, 0.2) is 0 Å². The molecule has 3 aliphatic rings. The van der Waals surface area contributed by atoms with Gasteiger partial charge in [0.05, 0.1) is 18.2 Å². The van der Waals surface area contributed by atoms with Crippen LogP contribution in [0.25, 0.3) is 0 Å². The number of rotatable bonds is 11. The van der Waals surface area contributed by atoms with Gasteiger partial charge in [-0.1, -0.05) is 37.6 Å². The Balaban J connectivity index is 1.24. The number of aliphatic hydroxyl groups excluding tert-OH is 1. The van der Waals surface area contributed by atoms with Crippen molar-refractivity contribution in [3.63, 3.8) is 0 Å². The Hall–Kier alpha value is -2.95. The summed E-state index contributed by atoms with van der Waals surface area (Å²) in [6.45, 7) is 7.51. The third-order valence-corrected chi connectivity index (χ3v) is 8.21. The zero-order chi connectivity index (χ0) is 28.3. The van der Waals surface area contributed by atoms with Crippen LogP contribution in [0.3, 0.4) is 0 Å². The molecule has 1 amide bonds. The molecule has 3 atom stereocenters. The Morgan fingerprint density at radius 1 is 1.27 bits per heavy atom.